The summed E-state index contributed by atoms with van der Waals surface area (Å²) in [6.45, 7) is 0.477. The number of nitrogens with zero attached hydrogens (tertiary/aromatic N) is 2. The van der Waals surface area contributed by atoms with Gasteiger partial charge in [-0.05, 0) is 45.5 Å². The predicted molar refractivity (Wildman–Crippen MR) is 80.1 cm³/mol. The molecule has 0 bridgehead atoms. The molecule has 1 saturated carbocycles. The summed E-state index contributed by atoms with van der Waals surface area (Å²) in [4.78, 5) is 24.8. The fourth-order valence-electron chi connectivity index (χ4n) is 2.60. The molecule has 0 saturated heterocycles. The van der Waals surface area contributed by atoms with Crippen molar-refractivity contribution in [3.05, 3.63) is 33.9 Å². The lowest BCUT2D eigenvalue weighted by Gasteiger charge is -2.47. The van der Waals surface area contributed by atoms with Gasteiger partial charge < -0.3 is 16.0 Å². The molecule has 3 N–H and O–H groups in total. The van der Waals surface area contributed by atoms with E-state index in [4.69, 9.17) is 5.73 Å². The molecule has 7 nitrogen and oxygen atoms in total. The van der Waals surface area contributed by atoms with Crippen molar-refractivity contribution in [1.82, 2.24) is 10.2 Å². The molecule has 1 fully saturated rings. The molecule has 0 unspecified atom stereocenters. The van der Waals surface area contributed by atoms with Crippen molar-refractivity contribution in [1.29, 1.82) is 0 Å². The van der Waals surface area contributed by atoms with E-state index in [0.29, 0.717) is 12.2 Å². The van der Waals surface area contributed by atoms with Crippen LogP contribution < -0.4 is 11.1 Å². The normalized spacial score (nSPS) is 16.3. The average Bonchev–Trinajstić information content (AvgIpc) is 2.36. The number of hydrogen-bond acceptors (Lipinski definition) is 5. The topological polar surface area (TPSA) is 102 Å². The van der Waals surface area contributed by atoms with Crippen molar-refractivity contribution in [3.63, 3.8) is 0 Å². The number of amides is 1. The number of rotatable bonds is 5. The van der Waals surface area contributed by atoms with Gasteiger partial charge in [0.2, 0.25) is 0 Å². The lowest BCUT2D eigenvalue weighted by molar-refractivity contribution is -0.385. The maximum atomic E-state index is 12.2. The summed E-state index contributed by atoms with van der Waals surface area (Å²) in [6.07, 6.45) is 3.16. The third-order valence-corrected chi connectivity index (χ3v) is 4.27. The van der Waals surface area contributed by atoms with Gasteiger partial charge in [-0.1, -0.05) is 0 Å². The van der Waals surface area contributed by atoms with Crippen LogP contribution in [0.3, 0.4) is 0 Å². The molecule has 0 atom stereocenters. The molecule has 114 valence electrons. The van der Waals surface area contributed by atoms with E-state index in [1.165, 1.54) is 18.2 Å². The van der Waals surface area contributed by atoms with Crippen molar-refractivity contribution >= 4 is 17.3 Å². The van der Waals surface area contributed by atoms with Crippen LogP contribution in [-0.2, 0) is 0 Å². The molecule has 1 aliphatic carbocycles. The number of nitro benzene ring substituents is 1. The number of nitrogens with one attached hydrogen (secondary N) is 1. The Bertz CT molecular complexity index is 567. The van der Waals surface area contributed by atoms with E-state index in [0.717, 1.165) is 19.3 Å². The molecule has 0 radical (unpaired) electrons. The van der Waals surface area contributed by atoms with Crippen molar-refractivity contribution in [2.24, 2.45) is 0 Å². The van der Waals surface area contributed by atoms with Gasteiger partial charge in [0.25, 0.3) is 11.6 Å². The molecule has 2 rings (SSSR count). The number of nitrogens with two attached hydrogens (primary N) is 1. The van der Waals surface area contributed by atoms with E-state index < -0.39 is 10.8 Å². The number of benzene rings is 1. The first-order chi connectivity index (χ1) is 9.85. The zero-order valence-corrected chi connectivity index (χ0v) is 12.3. The molecule has 1 aromatic carbocycles. The first-order valence-corrected chi connectivity index (χ1v) is 6.85. The van der Waals surface area contributed by atoms with E-state index in [2.05, 4.69) is 10.2 Å². The Morgan fingerprint density at radius 3 is 2.62 bits per heavy atom. The number of likely N-dealkylation sites (N-methyl/N-ethyl adjacent to an activating group) is 1. The Hall–Kier alpha value is -2.15. The predicted octanol–water partition coefficient (Wildman–Crippen LogP) is 1.39. The van der Waals surface area contributed by atoms with Crippen LogP contribution >= 0.6 is 0 Å². The summed E-state index contributed by atoms with van der Waals surface area (Å²) >= 11 is 0. The van der Waals surface area contributed by atoms with E-state index in [1.807, 2.05) is 14.1 Å². The minimum absolute atomic E-state index is 0.00762. The molecule has 0 spiro atoms. The van der Waals surface area contributed by atoms with Crippen LogP contribution in [0.5, 0.6) is 0 Å². The summed E-state index contributed by atoms with van der Waals surface area (Å²) in [6, 6.07) is 4.02. The number of carbonyl (C=O) groups is 1. The maximum Gasteiger partial charge on any atom is 0.282 e. The number of carbonyl (C=O) groups excluding carboxylic acids is 1. The molecule has 1 amide bonds. The van der Waals surface area contributed by atoms with E-state index in [-0.39, 0.29) is 16.8 Å². The van der Waals surface area contributed by atoms with Crippen LogP contribution in [-0.4, -0.2) is 41.9 Å². The minimum Gasteiger partial charge on any atom is -0.399 e. The second-order valence-electron chi connectivity index (χ2n) is 5.69. The molecule has 1 aliphatic rings. The largest absolute Gasteiger partial charge is 0.399 e. The Kier molecular flexibility index (Phi) is 4.13. The Balaban J connectivity index is 2.14. The lowest BCUT2D eigenvalue weighted by atomic mass is 9.75. The highest BCUT2D eigenvalue weighted by atomic mass is 16.6. The SMILES string of the molecule is CN(C)C1(CNC(=O)c2cc(N)ccc2[N+](=O)[O-])CCC1. The van der Waals surface area contributed by atoms with Crippen LogP contribution in [0.4, 0.5) is 11.4 Å². The molecule has 0 aliphatic heterocycles. The fourth-order valence-corrected chi connectivity index (χ4v) is 2.60. The molecule has 21 heavy (non-hydrogen) atoms. The highest BCUT2D eigenvalue weighted by Gasteiger charge is 2.39. The van der Waals surface area contributed by atoms with Crippen molar-refractivity contribution in [2.45, 2.75) is 24.8 Å². The third kappa shape index (κ3) is 2.97. The first kappa shape index (κ1) is 15.2. The Labute approximate surface area is 123 Å². The van der Waals surface area contributed by atoms with Gasteiger partial charge in [-0.15, -0.1) is 0 Å². The van der Waals surface area contributed by atoms with Gasteiger partial charge in [-0.25, -0.2) is 0 Å². The maximum absolute atomic E-state index is 12.2. The summed E-state index contributed by atoms with van der Waals surface area (Å²) in [7, 11) is 3.96. The monoisotopic (exact) mass is 292 g/mol. The van der Waals surface area contributed by atoms with E-state index in [9.17, 15) is 14.9 Å². The number of anilines is 1. The van der Waals surface area contributed by atoms with E-state index in [1.54, 1.807) is 0 Å². The Morgan fingerprint density at radius 1 is 1.48 bits per heavy atom. The van der Waals surface area contributed by atoms with Crippen molar-refractivity contribution < 1.29 is 9.72 Å². The summed E-state index contributed by atoms with van der Waals surface area (Å²) in [5, 5.41) is 13.8. The number of hydrogen-bond donors (Lipinski definition) is 2. The van der Waals surface area contributed by atoms with E-state index >= 15 is 0 Å². The lowest BCUT2D eigenvalue weighted by Crippen LogP contribution is -2.57. The molecule has 1 aromatic rings. The second kappa shape index (κ2) is 5.69. The minimum atomic E-state index is -0.570. The summed E-state index contributed by atoms with van der Waals surface area (Å²) in [5.41, 5.74) is 5.70. The molecular weight excluding hydrogens is 272 g/mol. The molecule has 0 aromatic heterocycles. The van der Waals surface area contributed by atoms with Crippen LogP contribution in [0.1, 0.15) is 29.6 Å². The van der Waals surface area contributed by atoms with Crippen LogP contribution in [0, 0.1) is 10.1 Å². The molecular formula is C14H20N4O3. The van der Waals surface area contributed by atoms with Gasteiger partial charge in [-0.2, -0.15) is 0 Å². The number of nitro groups is 1. The Morgan fingerprint density at radius 2 is 2.14 bits per heavy atom. The highest BCUT2D eigenvalue weighted by Crippen LogP contribution is 2.35. The molecule has 0 heterocycles. The smallest absolute Gasteiger partial charge is 0.282 e. The first-order valence-electron chi connectivity index (χ1n) is 6.85. The quantitative estimate of drug-likeness (QED) is 0.485. The van der Waals surface area contributed by atoms with Crippen molar-refractivity contribution in [2.75, 3.05) is 26.4 Å². The van der Waals surface area contributed by atoms with Crippen LogP contribution in [0.2, 0.25) is 0 Å². The summed E-state index contributed by atoms with van der Waals surface area (Å²) < 4.78 is 0. The van der Waals surface area contributed by atoms with Gasteiger partial charge in [0.1, 0.15) is 5.56 Å². The van der Waals surface area contributed by atoms with Crippen LogP contribution in [0.15, 0.2) is 18.2 Å². The fraction of sp³-hybridized carbons (Fsp3) is 0.500. The van der Waals surface area contributed by atoms with Gasteiger partial charge in [0.05, 0.1) is 4.92 Å². The van der Waals surface area contributed by atoms with Crippen molar-refractivity contribution in [3.8, 4) is 0 Å². The number of nitrogen functional groups attached to an aromatic ring is 1. The summed E-state index contributed by atoms with van der Waals surface area (Å²) in [5.74, 6) is -0.456. The van der Waals surface area contributed by atoms with Gasteiger partial charge in [-0.3, -0.25) is 14.9 Å². The third-order valence-electron chi connectivity index (χ3n) is 4.27. The van der Waals surface area contributed by atoms with Gasteiger partial charge >= 0.3 is 0 Å². The zero-order valence-electron chi connectivity index (χ0n) is 12.3. The second-order valence-corrected chi connectivity index (χ2v) is 5.69. The van der Waals surface area contributed by atoms with Gasteiger partial charge in [0.15, 0.2) is 0 Å². The van der Waals surface area contributed by atoms with Crippen LogP contribution in [0.25, 0.3) is 0 Å². The van der Waals surface area contributed by atoms with Gasteiger partial charge in [0, 0.05) is 23.8 Å². The molecule has 7 heteroatoms. The average molecular weight is 292 g/mol. The standard InChI is InChI=1S/C14H20N4O3/c1-17(2)14(6-3-7-14)9-16-13(19)11-8-10(15)4-5-12(11)18(20)21/h4-5,8H,3,6-7,9,15H2,1-2H3,(H,16,19). The zero-order chi connectivity index (χ0) is 15.6. The highest BCUT2D eigenvalue weighted by molar-refractivity contribution is 5.99.